The number of primary amides is 1. The third-order valence-corrected chi connectivity index (χ3v) is 5.26. The Balaban J connectivity index is 0.00000312. The highest BCUT2D eigenvalue weighted by Crippen LogP contribution is 2.27. The summed E-state index contributed by atoms with van der Waals surface area (Å²) in [5.41, 5.74) is 8.17. The van der Waals surface area contributed by atoms with Gasteiger partial charge in [0.15, 0.2) is 0 Å². The molecule has 0 spiro atoms. The van der Waals surface area contributed by atoms with E-state index in [1.54, 1.807) is 0 Å². The molecule has 3 nitrogen and oxygen atoms in total. The summed E-state index contributed by atoms with van der Waals surface area (Å²) in [5, 5.41) is 0. The van der Waals surface area contributed by atoms with Crippen LogP contribution < -0.4 is 5.73 Å². The molecule has 2 N–H and O–H groups in total. The van der Waals surface area contributed by atoms with Crippen LogP contribution in [0.2, 0.25) is 0 Å². The Morgan fingerprint density at radius 2 is 1.72 bits per heavy atom. The standard InChI is InChI=1S/C21H34N2O.ClH/c1-4-19(23-12-6-5-7-13-23)15-20(21(22)24)18-10-8-17(9-11-18)14-16(2)3;/h8-11,16,19-20H,4-7,12-15H2,1-3H3,(H2,22,24);1H/t19?,20-;/m0./s1. The second-order valence-corrected chi connectivity index (χ2v) is 7.69. The molecule has 4 heteroatoms. The van der Waals surface area contributed by atoms with E-state index in [0.717, 1.165) is 37.9 Å². The summed E-state index contributed by atoms with van der Waals surface area (Å²) < 4.78 is 0. The molecule has 1 aromatic carbocycles. The zero-order chi connectivity index (χ0) is 17.5. The molecule has 2 rings (SSSR count). The molecule has 1 saturated heterocycles. The van der Waals surface area contributed by atoms with E-state index in [0.29, 0.717) is 12.0 Å². The number of nitrogens with two attached hydrogens (primary N) is 1. The molecule has 142 valence electrons. The smallest absolute Gasteiger partial charge is 0.225 e. The van der Waals surface area contributed by atoms with Crippen molar-refractivity contribution in [2.24, 2.45) is 11.7 Å². The SMILES string of the molecule is CCC(C[C@H](C(N)=O)c1ccc(CC(C)C)cc1)N1CCCCC1.Cl. The average molecular weight is 367 g/mol. The molecule has 1 fully saturated rings. The lowest BCUT2D eigenvalue weighted by Crippen LogP contribution is -2.41. The second kappa shape index (κ2) is 10.8. The summed E-state index contributed by atoms with van der Waals surface area (Å²) >= 11 is 0. The molecule has 2 atom stereocenters. The van der Waals surface area contributed by atoms with Gasteiger partial charge in [-0.25, -0.2) is 0 Å². The number of likely N-dealkylation sites (tertiary alicyclic amines) is 1. The summed E-state index contributed by atoms with van der Waals surface area (Å²) in [6, 6.07) is 8.99. The van der Waals surface area contributed by atoms with Gasteiger partial charge in [-0.1, -0.05) is 51.5 Å². The van der Waals surface area contributed by atoms with Crippen molar-refractivity contribution in [3.05, 3.63) is 35.4 Å². The van der Waals surface area contributed by atoms with Gasteiger partial charge in [-0.15, -0.1) is 12.4 Å². The first-order chi connectivity index (χ1) is 11.5. The van der Waals surface area contributed by atoms with Crippen LogP contribution in [0.5, 0.6) is 0 Å². The van der Waals surface area contributed by atoms with Crippen LogP contribution >= 0.6 is 12.4 Å². The molecule has 0 bridgehead atoms. The van der Waals surface area contributed by atoms with Crippen molar-refractivity contribution in [3.63, 3.8) is 0 Å². The van der Waals surface area contributed by atoms with Crippen molar-refractivity contribution >= 4 is 18.3 Å². The van der Waals surface area contributed by atoms with E-state index >= 15 is 0 Å². The van der Waals surface area contributed by atoms with E-state index in [1.165, 1.54) is 24.8 Å². The minimum Gasteiger partial charge on any atom is -0.369 e. The van der Waals surface area contributed by atoms with Crippen molar-refractivity contribution in [1.82, 2.24) is 4.90 Å². The Morgan fingerprint density at radius 3 is 2.20 bits per heavy atom. The lowest BCUT2D eigenvalue weighted by atomic mass is 9.88. The van der Waals surface area contributed by atoms with Gasteiger partial charge in [-0.05, 0) is 62.2 Å². The number of carbonyl (C=O) groups is 1. The number of carbonyl (C=O) groups excluding carboxylic acids is 1. The quantitative estimate of drug-likeness (QED) is 0.734. The molecule has 0 saturated carbocycles. The summed E-state index contributed by atoms with van der Waals surface area (Å²) in [4.78, 5) is 14.7. The molecule has 0 aromatic heterocycles. The molecular weight excluding hydrogens is 332 g/mol. The van der Waals surface area contributed by atoms with Gasteiger partial charge in [0.2, 0.25) is 5.91 Å². The van der Waals surface area contributed by atoms with Crippen LogP contribution in [0.4, 0.5) is 0 Å². The van der Waals surface area contributed by atoms with Crippen LogP contribution in [0.25, 0.3) is 0 Å². The minimum atomic E-state index is -0.193. The lowest BCUT2D eigenvalue weighted by molar-refractivity contribution is -0.120. The van der Waals surface area contributed by atoms with Crippen molar-refractivity contribution in [3.8, 4) is 0 Å². The number of amides is 1. The topological polar surface area (TPSA) is 46.3 Å². The van der Waals surface area contributed by atoms with Crippen LogP contribution in [0.3, 0.4) is 0 Å². The summed E-state index contributed by atoms with van der Waals surface area (Å²) in [6.45, 7) is 9.01. The van der Waals surface area contributed by atoms with E-state index in [9.17, 15) is 4.79 Å². The Labute approximate surface area is 159 Å². The van der Waals surface area contributed by atoms with Crippen molar-refractivity contribution in [2.45, 2.75) is 71.3 Å². The first-order valence-electron chi connectivity index (χ1n) is 9.63. The Morgan fingerprint density at radius 1 is 1.12 bits per heavy atom. The monoisotopic (exact) mass is 366 g/mol. The average Bonchev–Trinajstić information content (AvgIpc) is 2.57. The Bertz CT molecular complexity index is 509. The highest BCUT2D eigenvalue weighted by atomic mass is 35.5. The molecule has 0 aliphatic carbocycles. The molecule has 1 unspecified atom stereocenters. The number of benzene rings is 1. The molecule has 1 aliphatic heterocycles. The molecular formula is C21H35ClN2O. The van der Waals surface area contributed by atoms with E-state index < -0.39 is 0 Å². The Hall–Kier alpha value is -1.06. The van der Waals surface area contributed by atoms with E-state index in [2.05, 4.69) is 49.9 Å². The number of halogens is 1. The van der Waals surface area contributed by atoms with Gasteiger partial charge in [0.1, 0.15) is 0 Å². The molecule has 1 aliphatic rings. The van der Waals surface area contributed by atoms with Gasteiger partial charge >= 0.3 is 0 Å². The molecule has 1 aromatic rings. The fourth-order valence-corrected chi connectivity index (χ4v) is 3.90. The number of nitrogens with zero attached hydrogens (tertiary/aromatic N) is 1. The van der Waals surface area contributed by atoms with Crippen molar-refractivity contribution < 1.29 is 4.79 Å². The number of rotatable bonds is 8. The summed E-state index contributed by atoms with van der Waals surface area (Å²) in [7, 11) is 0. The van der Waals surface area contributed by atoms with Crippen LogP contribution in [-0.2, 0) is 11.2 Å². The van der Waals surface area contributed by atoms with E-state index in [4.69, 9.17) is 5.73 Å². The van der Waals surface area contributed by atoms with Crippen LogP contribution in [0.15, 0.2) is 24.3 Å². The number of piperidine rings is 1. The van der Waals surface area contributed by atoms with E-state index in [1.807, 2.05) is 0 Å². The van der Waals surface area contributed by atoms with Crippen molar-refractivity contribution in [2.75, 3.05) is 13.1 Å². The first-order valence-corrected chi connectivity index (χ1v) is 9.63. The molecule has 1 amide bonds. The molecule has 25 heavy (non-hydrogen) atoms. The highest BCUT2D eigenvalue weighted by molar-refractivity contribution is 5.85. The zero-order valence-corrected chi connectivity index (χ0v) is 16.9. The largest absolute Gasteiger partial charge is 0.369 e. The number of hydrogen-bond acceptors (Lipinski definition) is 2. The van der Waals surface area contributed by atoms with Crippen LogP contribution in [0.1, 0.15) is 69.9 Å². The molecule has 0 radical (unpaired) electrons. The normalized spacial score (nSPS) is 17.8. The fraction of sp³-hybridized carbons (Fsp3) is 0.667. The maximum atomic E-state index is 12.1. The summed E-state index contributed by atoms with van der Waals surface area (Å²) in [6.07, 6.45) is 6.89. The predicted molar refractivity (Wildman–Crippen MR) is 108 cm³/mol. The maximum Gasteiger partial charge on any atom is 0.225 e. The Kier molecular flexibility index (Phi) is 9.52. The van der Waals surface area contributed by atoms with Gasteiger partial charge < -0.3 is 10.6 Å². The third kappa shape index (κ3) is 6.63. The van der Waals surface area contributed by atoms with Gasteiger partial charge in [-0.3, -0.25) is 4.79 Å². The third-order valence-electron chi connectivity index (χ3n) is 5.26. The van der Waals surface area contributed by atoms with Gasteiger partial charge in [0.05, 0.1) is 5.92 Å². The number of hydrogen-bond donors (Lipinski definition) is 1. The minimum absolute atomic E-state index is 0. The molecule has 1 heterocycles. The van der Waals surface area contributed by atoms with E-state index in [-0.39, 0.29) is 24.2 Å². The van der Waals surface area contributed by atoms with Gasteiger partial charge in [-0.2, -0.15) is 0 Å². The lowest BCUT2D eigenvalue weighted by Gasteiger charge is -2.35. The van der Waals surface area contributed by atoms with Gasteiger partial charge in [0.25, 0.3) is 0 Å². The fourth-order valence-electron chi connectivity index (χ4n) is 3.90. The first kappa shape index (κ1) is 22.0. The van der Waals surface area contributed by atoms with Crippen LogP contribution in [0, 0.1) is 5.92 Å². The highest BCUT2D eigenvalue weighted by Gasteiger charge is 2.26. The summed E-state index contributed by atoms with van der Waals surface area (Å²) in [5.74, 6) is 0.276. The zero-order valence-electron chi connectivity index (χ0n) is 16.0. The second-order valence-electron chi connectivity index (χ2n) is 7.69. The van der Waals surface area contributed by atoms with Gasteiger partial charge in [0, 0.05) is 6.04 Å². The maximum absolute atomic E-state index is 12.1. The van der Waals surface area contributed by atoms with Crippen molar-refractivity contribution in [1.29, 1.82) is 0 Å². The predicted octanol–water partition coefficient (Wildman–Crippen LogP) is 4.53. The van der Waals surface area contributed by atoms with Crippen LogP contribution in [-0.4, -0.2) is 29.9 Å².